The molecule has 4 rings (SSSR count). The van der Waals surface area contributed by atoms with Gasteiger partial charge >= 0.3 is 6.18 Å². The first-order valence-electron chi connectivity index (χ1n) is 10.2. The Morgan fingerprint density at radius 2 is 1.75 bits per heavy atom. The standard InChI is InChI=1S/C22H23ClF3N3O3/c1-27-11-12-29-16(19(30)22(24,25)26)4-6-18(29)21(27)7-9-28(10-8-21)20(31)14-3-5-17(32-2)15(23)13-14/h3-6,13H,7-12H2,1-2H3. The number of aromatic nitrogens is 1. The Morgan fingerprint density at radius 1 is 1.06 bits per heavy atom. The third-order valence-corrected chi connectivity index (χ3v) is 6.91. The molecule has 1 aromatic carbocycles. The molecule has 0 bridgehead atoms. The highest BCUT2D eigenvalue weighted by molar-refractivity contribution is 6.32. The van der Waals surface area contributed by atoms with E-state index in [1.165, 1.54) is 17.7 Å². The number of halogens is 4. The van der Waals surface area contributed by atoms with E-state index >= 15 is 0 Å². The summed E-state index contributed by atoms with van der Waals surface area (Å²) in [4.78, 5) is 28.7. The maximum atomic E-state index is 13.0. The summed E-state index contributed by atoms with van der Waals surface area (Å²) >= 11 is 6.15. The molecule has 1 fully saturated rings. The fourth-order valence-electron chi connectivity index (χ4n) is 4.82. The van der Waals surface area contributed by atoms with Gasteiger partial charge in [-0.2, -0.15) is 13.2 Å². The van der Waals surface area contributed by atoms with Gasteiger partial charge in [0.15, 0.2) is 0 Å². The van der Waals surface area contributed by atoms with E-state index in [-0.39, 0.29) is 11.6 Å². The van der Waals surface area contributed by atoms with E-state index in [1.807, 2.05) is 7.05 Å². The van der Waals surface area contributed by atoms with Crippen LogP contribution in [0.1, 0.15) is 39.4 Å². The second-order valence-electron chi connectivity index (χ2n) is 8.18. The zero-order valence-corrected chi connectivity index (χ0v) is 18.5. The molecule has 1 spiro atoms. The van der Waals surface area contributed by atoms with E-state index in [0.717, 1.165) is 0 Å². The number of Topliss-reactive ketones (excluding diaryl/α,β-unsaturated/α-hetero) is 1. The number of amides is 1. The van der Waals surface area contributed by atoms with Crippen molar-refractivity contribution in [2.45, 2.75) is 31.1 Å². The summed E-state index contributed by atoms with van der Waals surface area (Å²) in [6.07, 6.45) is -3.83. The van der Waals surface area contributed by atoms with Crippen LogP contribution in [-0.2, 0) is 12.1 Å². The van der Waals surface area contributed by atoms with Crippen LogP contribution >= 0.6 is 11.6 Å². The number of likely N-dealkylation sites (N-methyl/N-ethyl adjacent to an activating group) is 1. The third-order valence-electron chi connectivity index (χ3n) is 6.61. The number of nitrogens with zero attached hydrogens (tertiary/aromatic N) is 3. The molecular formula is C22H23ClF3N3O3. The summed E-state index contributed by atoms with van der Waals surface area (Å²) in [5.41, 5.74) is 0.284. The normalized spacial score (nSPS) is 18.5. The summed E-state index contributed by atoms with van der Waals surface area (Å²) in [6.45, 7) is 1.69. The fraction of sp³-hybridized carbons (Fsp3) is 0.455. The number of ketones is 1. The smallest absolute Gasteiger partial charge is 0.456 e. The molecule has 2 aliphatic heterocycles. The first-order chi connectivity index (χ1) is 15.1. The molecule has 1 saturated heterocycles. The monoisotopic (exact) mass is 469 g/mol. The predicted molar refractivity (Wildman–Crippen MR) is 112 cm³/mol. The number of likely N-dealkylation sites (tertiary alicyclic amines) is 1. The molecule has 10 heteroatoms. The zero-order chi connectivity index (χ0) is 23.3. The molecule has 0 unspecified atom stereocenters. The van der Waals surface area contributed by atoms with E-state index in [2.05, 4.69) is 4.90 Å². The van der Waals surface area contributed by atoms with Gasteiger partial charge in [0.1, 0.15) is 5.75 Å². The minimum absolute atomic E-state index is 0.161. The minimum atomic E-state index is -4.92. The molecule has 1 amide bonds. The predicted octanol–water partition coefficient (Wildman–Crippen LogP) is 3.97. The average molecular weight is 470 g/mol. The summed E-state index contributed by atoms with van der Waals surface area (Å²) < 4.78 is 45.7. The molecule has 0 saturated carbocycles. The Balaban J connectivity index is 1.57. The van der Waals surface area contributed by atoms with Crippen molar-refractivity contribution in [3.63, 3.8) is 0 Å². The maximum Gasteiger partial charge on any atom is 0.456 e. The van der Waals surface area contributed by atoms with Crippen LogP contribution in [0.25, 0.3) is 0 Å². The van der Waals surface area contributed by atoms with Gasteiger partial charge in [0.25, 0.3) is 11.7 Å². The van der Waals surface area contributed by atoms with E-state index < -0.39 is 17.5 Å². The molecule has 2 aromatic rings. The molecular weight excluding hydrogens is 447 g/mol. The third kappa shape index (κ3) is 3.67. The van der Waals surface area contributed by atoms with Gasteiger partial charge in [0, 0.05) is 37.4 Å². The molecule has 1 aromatic heterocycles. The van der Waals surface area contributed by atoms with Gasteiger partial charge in [0.2, 0.25) is 0 Å². The Morgan fingerprint density at radius 3 is 2.34 bits per heavy atom. The number of carbonyl (C=O) groups excluding carboxylic acids is 2. The molecule has 0 aliphatic carbocycles. The minimum Gasteiger partial charge on any atom is -0.495 e. The van der Waals surface area contributed by atoms with Crippen LogP contribution in [0.4, 0.5) is 13.2 Å². The van der Waals surface area contributed by atoms with E-state index in [0.29, 0.717) is 61.1 Å². The second kappa shape index (κ2) is 8.12. The molecule has 32 heavy (non-hydrogen) atoms. The van der Waals surface area contributed by atoms with Crippen LogP contribution in [0, 0.1) is 0 Å². The summed E-state index contributed by atoms with van der Waals surface area (Å²) in [6, 6.07) is 7.75. The maximum absolute atomic E-state index is 13.0. The highest BCUT2D eigenvalue weighted by Gasteiger charge is 2.47. The Bertz CT molecular complexity index is 1060. The Kier molecular flexibility index (Phi) is 5.75. The number of ether oxygens (including phenoxy) is 1. The Hall–Kier alpha value is -2.52. The van der Waals surface area contributed by atoms with Crippen LogP contribution in [0.15, 0.2) is 30.3 Å². The summed E-state index contributed by atoms with van der Waals surface area (Å²) in [5.74, 6) is -1.51. The summed E-state index contributed by atoms with van der Waals surface area (Å²) in [7, 11) is 3.43. The summed E-state index contributed by atoms with van der Waals surface area (Å²) in [5, 5.41) is 0.346. The largest absolute Gasteiger partial charge is 0.495 e. The van der Waals surface area contributed by atoms with Crippen molar-refractivity contribution in [3.05, 3.63) is 52.3 Å². The van der Waals surface area contributed by atoms with Crippen LogP contribution in [0.2, 0.25) is 5.02 Å². The SMILES string of the molecule is COc1ccc(C(=O)N2CCC3(CC2)c2ccc(C(=O)C(F)(F)F)n2CCN3C)cc1Cl. The van der Waals surface area contributed by atoms with Crippen molar-refractivity contribution < 1.29 is 27.5 Å². The number of benzene rings is 1. The van der Waals surface area contributed by atoms with Crippen LogP contribution in [0.5, 0.6) is 5.75 Å². The van der Waals surface area contributed by atoms with Gasteiger partial charge in [-0.05, 0) is 50.2 Å². The molecule has 172 valence electrons. The Labute approximate surface area is 188 Å². The second-order valence-corrected chi connectivity index (χ2v) is 8.58. The number of alkyl halides is 3. The van der Waals surface area contributed by atoms with Gasteiger partial charge in [-0.3, -0.25) is 14.5 Å². The number of hydrogen-bond donors (Lipinski definition) is 0. The van der Waals surface area contributed by atoms with Crippen molar-refractivity contribution in [2.24, 2.45) is 0 Å². The van der Waals surface area contributed by atoms with Crippen molar-refractivity contribution >= 4 is 23.3 Å². The first-order valence-corrected chi connectivity index (χ1v) is 10.6. The molecule has 6 nitrogen and oxygen atoms in total. The quantitative estimate of drug-likeness (QED) is 0.638. The lowest BCUT2D eigenvalue weighted by Gasteiger charge is -2.50. The fourth-order valence-corrected chi connectivity index (χ4v) is 5.08. The average Bonchev–Trinajstić information content (AvgIpc) is 3.20. The highest BCUT2D eigenvalue weighted by atomic mass is 35.5. The lowest BCUT2D eigenvalue weighted by atomic mass is 9.81. The lowest BCUT2D eigenvalue weighted by Crippen LogP contribution is -2.56. The van der Waals surface area contributed by atoms with E-state index in [9.17, 15) is 22.8 Å². The highest BCUT2D eigenvalue weighted by Crippen LogP contribution is 2.42. The number of carbonyl (C=O) groups is 2. The molecule has 0 radical (unpaired) electrons. The van der Waals surface area contributed by atoms with Gasteiger partial charge < -0.3 is 14.2 Å². The van der Waals surface area contributed by atoms with E-state index in [1.54, 1.807) is 29.2 Å². The number of rotatable bonds is 3. The van der Waals surface area contributed by atoms with E-state index in [4.69, 9.17) is 16.3 Å². The lowest BCUT2D eigenvalue weighted by molar-refractivity contribution is -0.0892. The van der Waals surface area contributed by atoms with Gasteiger partial charge in [-0.25, -0.2) is 0 Å². The van der Waals surface area contributed by atoms with Crippen LogP contribution in [0.3, 0.4) is 0 Å². The van der Waals surface area contributed by atoms with Crippen LogP contribution < -0.4 is 4.74 Å². The topological polar surface area (TPSA) is 54.8 Å². The number of methoxy groups -OCH3 is 1. The van der Waals surface area contributed by atoms with Crippen molar-refractivity contribution in [1.29, 1.82) is 0 Å². The zero-order valence-electron chi connectivity index (χ0n) is 17.7. The van der Waals surface area contributed by atoms with Gasteiger partial charge in [-0.1, -0.05) is 11.6 Å². The molecule has 2 aliphatic rings. The van der Waals surface area contributed by atoms with Crippen LogP contribution in [-0.4, -0.2) is 66.0 Å². The number of hydrogen-bond acceptors (Lipinski definition) is 4. The number of piperidine rings is 1. The molecule has 0 N–H and O–H groups in total. The molecule has 3 heterocycles. The molecule has 0 atom stereocenters. The van der Waals surface area contributed by atoms with Crippen molar-refractivity contribution in [2.75, 3.05) is 33.8 Å². The van der Waals surface area contributed by atoms with Gasteiger partial charge in [-0.15, -0.1) is 0 Å². The van der Waals surface area contributed by atoms with Crippen molar-refractivity contribution in [3.8, 4) is 5.75 Å². The van der Waals surface area contributed by atoms with Crippen molar-refractivity contribution in [1.82, 2.24) is 14.4 Å². The first kappa shape index (κ1) is 22.7. The number of fused-ring (bicyclic) bond motifs is 2. The van der Waals surface area contributed by atoms with Gasteiger partial charge in [0.05, 0.1) is 23.4 Å².